The topological polar surface area (TPSA) is 93.0 Å². The van der Waals surface area contributed by atoms with Gasteiger partial charge >= 0.3 is 0 Å². The number of aromatic amines is 2. The van der Waals surface area contributed by atoms with E-state index in [1.807, 2.05) is 43.7 Å². The Morgan fingerprint density at radius 2 is 1.19 bits per heavy atom. The average Bonchev–Trinajstić information content (AvgIpc) is 3.63. The fraction of sp³-hybridized carbons (Fsp3) is 0.241. The summed E-state index contributed by atoms with van der Waals surface area (Å²) in [5.74, 6) is -0.103. The number of carbonyl (C=O) groups is 2. The van der Waals surface area contributed by atoms with Gasteiger partial charge in [-0.1, -0.05) is 48.5 Å². The highest BCUT2D eigenvalue weighted by molar-refractivity contribution is 5.99. The lowest BCUT2D eigenvalue weighted by atomic mass is 10.1. The van der Waals surface area contributed by atoms with Crippen LogP contribution in [-0.2, 0) is 12.8 Å². The summed E-state index contributed by atoms with van der Waals surface area (Å²) in [5.41, 5.74) is 10.6. The van der Waals surface area contributed by atoms with Gasteiger partial charge in [0.15, 0.2) is 0 Å². The summed E-state index contributed by atoms with van der Waals surface area (Å²) in [6.45, 7) is 2.48. The molecule has 2 heterocycles. The van der Waals surface area contributed by atoms with Crippen molar-refractivity contribution in [1.82, 2.24) is 25.5 Å². The molecule has 2 aromatic carbocycles. The third-order valence-electron chi connectivity index (χ3n) is 7.33. The van der Waals surface area contributed by atoms with Crippen LogP contribution < -0.4 is 10.6 Å². The lowest BCUT2D eigenvalue weighted by Gasteiger charge is -2.17. The van der Waals surface area contributed by atoms with E-state index in [9.17, 15) is 9.59 Å². The van der Waals surface area contributed by atoms with Crippen LogP contribution in [0.15, 0.2) is 60.9 Å². The molecular formula is C29H29N5O2. The zero-order valence-electron chi connectivity index (χ0n) is 20.3. The molecule has 2 aliphatic rings. The second-order valence-corrected chi connectivity index (χ2v) is 9.59. The van der Waals surface area contributed by atoms with Gasteiger partial charge in [0.1, 0.15) is 0 Å². The molecule has 2 aliphatic carbocycles. The number of aromatic nitrogens is 2. The predicted octanol–water partition coefficient (Wildman–Crippen LogP) is 3.58. The van der Waals surface area contributed by atoms with Crippen LogP contribution in [0.4, 0.5) is 0 Å². The van der Waals surface area contributed by atoms with Gasteiger partial charge in [0.05, 0.1) is 22.5 Å². The molecule has 0 fully saturated rings. The Hall–Kier alpha value is -4.10. The van der Waals surface area contributed by atoms with E-state index in [-0.39, 0.29) is 11.8 Å². The van der Waals surface area contributed by atoms with E-state index in [0.717, 1.165) is 46.5 Å². The largest absolute Gasteiger partial charge is 0.360 e. The molecule has 2 aromatic heterocycles. The first-order chi connectivity index (χ1) is 17.6. The van der Waals surface area contributed by atoms with Gasteiger partial charge in [-0.05, 0) is 29.3 Å². The van der Waals surface area contributed by atoms with Gasteiger partial charge < -0.3 is 25.5 Å². The molecule has 7 nitrogen and oxygen atoms in total. The van der Waals surface area contributed by atoms with Gasteiger partial charge in [0.2, 0.25) is 0 Å². The number of amides is 2. The number of benzene rings is 2. The van der Waals surface area contributed by atoms with E-state index >= 15 is 0 Å². The van der Waals surface area contributed by atoms with Crippen molar-refractivity contribution >= 4 is 11.8 Å². The molecule has 0 radical (unpaired) electrons. The first-order valence-corrected chi connectivity index (χ1v) is 12.4. The minimum atomic E-state index is -0.0516. The molecule has 0 bridgehead atoms. The van der Waals surface area contributed by atoms with E-state index in [1.54, 1.807) is 0 Å². The van der Waals surface area contributed by atoms with Crippen molar-refractivity contribution in [2.75, 3.05) is 33.2 Å². The number of nitrogens with one attached hydrogen (secondary N) is 4. The average molecular weight is 480 g/mol. The van der Waals surface area contributed by atoms with Crippen molar-refractivity contribution in [2.24, 2.45) is 0 Å². The van der Waals surface area contributed by atoms with E-state index in [1.165, 1.54) is 22.3 Å². The molecular weight excluding hydrogens is 450 g/mol. The van der Waals surface area contributed by atoms with Crippen molar-refractivity contribution in [1.29, 1.82) is 0 Å². The first kappa shape index (κ1) is 22.4. The quantitative estimate of drug-likeness (QED) is 0.269. The van der Waals surface area contributed by atoms with E-state index in [0.29, 0.717) is 26.2 Å². The van der Waals surface area contributed by atoms with Crippen LogP contribution in [-0.4, -0.2) is 59.9 Å². The Kier molecular flexibility index (Phi) is 5.70. The number of H-pyrrole nitrogens is 2. The molecule has 2 amide bonds. The normalized spacial score (nSPS) is 12.7. The first-order valence-electron chi connectivity index (χ1n) is 12.4. The highest BCUT2D eigenvalue weighted by Gasteiger charge is 2.26. The monoisotopic (exact) mass is 479 g/mol. The van der Waals surface area contributed by atoms with Crippen LogP contribution in [0.2, 0.25) is 0 Å². The SMILES string of the molecule is CN(CCNC(=O)c1c[nH]c2c1Cc1ccccc1-2)CCNC(=O)c1c[nH]c2c1Cc1ccccc1-2. The summed E-state index contributed by atoms with van der Waals surface area (Å²) in [7, 11) is 1.99. The van der Waals surface area contributed by atoms with Crippen molar-refractivity contribution in [3.8, 4) is 22.5 Å². The Morgan fingerprint density at radius 1 is 0.750 bits per heavy atom. The maximum atomic E-state index is 12.8. The van der Waals surface area contributed by atoms with Gasteiger partial charge in [0, 0.05) is 62.5 Å². The van der Waals surface area contributed by atoms with Crippen molar-refractivity contribution in [3.05, 3.63) is 94.3 Å². The van der Waals surface area contributed by atoms with Crippen molar-refractivity contribution in [3.63, 3.8) is 0 Å². The minimum Gasteiger partial charge on any atom is -0.360 e. The smallest absolute Gasteiger partial charge is 0.253 e. The fourth-order valence-corrected chi connectivity index (χ4v) is 5.40. The Labute approximate surface area is 209 Å². The number of fused-ring (bicyclic) bond motifs is 6. The summed E-state index contributed by atoms with van der Waals surface area (Å²) in [4.78, 5) is 34.3. The van der Waals surface area contributed by atoms with Crippen molar-refractivity contribution < 1.29 is 9.59 Å². The number of nitrogens with zero attached hydrogens (tertiary/aromatic N) is 1. The number of hydrogen-bond donors (Lipinski definition) is 4. The van der Waals surface area contributed by atoms with Gasteiger partial charge in [-0.2, -0.15) is 0 Å². The van der Waals surface area contributed by atoms with Gasteiger partial charge in [-0.25, -0.2) is 0 Å². The molecule has 4 aromatic rings. The molecule has 0 saturated carbocycles. The van der Waals surface area contributed by atoms with Gasteiger partial charge in [-0.15, -0.1) is 0 Å². The molecule has 0 aliphatic heterocycles. The van der Waals surface area contributed by atoms with Crippen LogP contribution >= 0.6 is 0 Å². The van der Waals surface area contributed by atoms with Crippen LogP contribution in [0.1, 0.15) is 43.0 Å². The molecule has 182 valence electrons. The van der Waals surface area contributed by atoms with Crippen LogP contribution in [0.25, 0.3) is 22.5 Å². The predicted molar refractivity (Wildman–Crippen MR) is 140 cm³/mol. The summed E-state index contributed by atoms with van der Waals surface area (Å²) in [5, 5.41) is 6.08. The van der Waals surface area contributed by atoms with E-state index in [4.69, 9.17) is 0 Å². The molecule has 0 unspecified atom stereocenters. The lowest BCUT2D eigenvalue weighted by Crippen LogP contribution is -2.37. The molecule has 0 atom stereocenters. The molecule has 0 spiro atoms. The highest BCUT2D eigenvalue weighted by atomic mass is 16.2. The molecule has 4 N–H and O–H groups in total. The number of hydrogen-bond acceptors (Lipinski definition) is 3. The van der Waals surface area contributed by atoms with Gasteiger partial charge in [0.25, 0.3) is 11.8 Å². The summed E-state index contributed by atoms with van der Waals surface area (Å²) >= 11 is 0. The van der Waals surface area contributed by atoms with Gasteiger partial charge in [-0.3, -0.25) is 9.59 Å². The number of rotatable bonds is 8. The third-order valence-corrected chi connectivity index (χ3v) is 7.33. The zero-order valence-corrected chi connectivity index (χ0v) is 20.3. The minimum absolute atomic E-state index is 0.0516. The second kappa shape index (κ2) is 9.17. The third kappa shape index (κ3) is 3.91. The lowest BCUT2D eigenvalue weighted by molar-refractivity contribution is 0.0947. The zero-order chi connectivity index (χ0) is 24.6. The molecule has 7 heteroatoms. The Morgan fingerprint density at radius 3 is 1.67 bits per heavy atom. The molecule has 6 rings (SSSR count). The number of likely N-dealkylation sites (N-methyl/N-ethyl adjacent to an activating group) is 1. The Balaban J connectivity index is 0.957. The second-order valence-electron chi connectivity index (χ2n) is 9.59. The maximum Gasteiger partial charge on any atom is 0.253 e. The summed E-state index contributed by atoms with van der Waals surface area (Å²) in [6.07, 6.45) is 5.19. The summed E-state index contributed by atoms with van der Waals surface area (Å²) < 4.78 is 0. The van der Waals surface area contributed by atoms with E-state index in [2.05, 4.69) is 49.8 Å². The maximum absolute atomic E-state index is 12.8. The molecule has 36 heavy (non-hydrogen) atoms. The number of carbonyl (C=O) groups excluding carboxylic acids is 2. The summed E-state index contributed by atoms with van der Waals surface area (Å²) in [6, 6.07) is 16.5. The van der Waals surface area contributed by atoms with Crippen LogP contribution in [0.5, 0.6) is 0 Å². The highest BCUT2D eigenvalue weighted by Crippen LogP contribution is 2.38. The van der Waals surface area contributed by atoms with Crippen LogP contribution in [0, 0.1) is 0 Å². The van der Waals surface area contributed by atoms with E-state index < -0.39 is 0 Å². The van der Waals surface area contributed by atoms with Crippen molar-refractivity contribution in [2.45, 2.75) is 12.8 Å². The Bertz CT molecular complexity index is 1350. The van der Waals surface area contributed by atoms with Crippen LogP contribution in [0.3, 0.4) is 0 Å². The standard InChI is InChI=1S/C29H29N5O2/c1-34(12-10-30-28(35)24-16-32-26-20-8-4-2-6-18(20)14-22(24)26)13-11-31-29(36)25-17-33-27-21-9-5-3-7-19(21)15-23(25)27/h2-9,16-17,32-33H,10-15H2,1H3,(H,30,35)(H,31,36). The molecule has 0 saturated heterocycles. The fourth-order valence-electron chi connectivity index (χ4n) is 5.40.